The summed E-state index contributed by atoms with van der Waals surface area (Å²) in [5.74, 6) is 0.0787. The Bertz CT molecular complexity index is 745. The van der Waals surface area contributed by atoms with E-state index in [1.807, 2.05) is 36.4 Å². The third-order valence-corrected chi connectivity index (χ3v) is 2.87. The van der Waals surface area contributed by atoms with E-state index in [1.54, 1.807) is 16.8 Å². The molecule has 6 nitrogen and oxygen atoms in total. The van der Waals surface area contributed by atoms with Crippen molar-refractivity contribution in [2.24, 2.45) is 10.9 Å². The summed E-state index contributed by atoms with van der Waals surface area (Å²) in [5, 5.41) is 19.8. The molecule has 0 saturated heterocycles. The van der Waals surface area contributed by atoms with Crippen molar-refractivity contribution < 1.29 is 5.21 Å². The first-order valence-corrected chi connectivity index (χ1v) is 5.68. The molecule has 0 fully saturated rings. The first-order valence-electron chi connectivity index (χ1n) is 5.68. The van der Waals surface area contributed by atoms with Crippen LogP contribution in [-0.4, -0.2) is 26.0 Å². The summed E-state index contributed by atoms with van der Waals surface area (Å²) in [6.07, 6.45) is 0. The molecule has 0 aliphatic heterocycles. The fourth-order valence-corrected chi connectivity index (χ4v) is 1.89. The van der Waals surface area contributed by atoms with Crippen molar-refractivity contribution in [3.63, 3.8) is 0 Å². The zero-order chi connectivity index (χ0) is 13.2. The minimum absolute atomic E-state index is 0.0787. The molecule has 94 valence electrons. The maximum Gasteiger partial charge on any atom is 0.170 e. The van der Waals surface area contributed by atoms with Gasteiger partial charge in [0.1, 0.15) is 5.52 Å². The molecule has 0 atom stereocenters. The molecule has 3 N–H and O–H groups in total. The van der Waals surface area contributed by atoms with Crippen LogP contribution in [0, 0.1) is 0 Å². The van der Waals surface area contributed by atoms with Gasteiger partial charge in [-0.25, -0.2) is 4.68 Å². The van der Waals surface area contributed by atoms with E-state index in [0.29, 0.717) is 5.56 Å². The number of aromatic nitrogens is 3. The lowest BCUT2D eigenvalue weighted by atomic mass is 10.2. The highest BCUT2D eigenvalue weighted by Gasteiger charge is 2.06. The fourth-order valence-electron chi connectivity index (χ4n) is 1.89. The smallest absolute Gasteiger partial charge is 0.170 e. The highest BCUT2D eigenvalue weighted by molar-refractivity contribution is 5.97. The van der Waals surface area contributed by atoms with Crippen LogP contribution in [0.25, 0.3) is 16.7 Å². The normalized spacial score (nSPS) is 11.9. The second-order valence-corrected chi connectivity index (χ2v) is 4.02. The van der Waals surface area contributed by atoms with E-state index >= 15 is 0 Å². The molecule has 1 heterocycles. The van der Waals surface area contributed by atoms with Gasteiger partial charge in [0, 0.05) is 5.56 Å². The quantitative estimate of drug-likeness (QED) is 0.313. The number of rotatable bonds is 2. The van der Waals surface area contributed by atoms with Gasteiger partial charge in [0.25, 0.3) is 0 Å². The van der Waals surface area contributed by atoms with Crippen molar-refractivity contribution in [2.75, 3.05) is 0 Å². The van der Waals surface area contributed by atoms with Crippen LogP contribution in [0.5, 0.6) is 0 Å². The highest BCUT2D eigenvalue weighted by atomic mass is 16.4. The minimum atomic E-state index is 0.0787. The molecule has 0 saturated carbocycles. The lowest BCUT2D eigenvalue weighted by Crippen LogP contribution is -2.12. The molecule has 0 radical (unpaired) electrons. The van der Waals surface area contributed by atoms with Crippen LogP contribution in [-0.2, 0) is 0 Å². The topological polar surface area (TPSA) is 89.3 Å². The van der Waals surface area contributed by atoms with E-state index in [4.69, 9.17) is 10.9 Å². The number of nitrogens with two attached hydrogens (primary N) is 1. The van der Waals surface area contributed by atoms with Crippen molar-refractivity contribution in [1.82, 2.24) is 15.0 Å². The maximum absolute atomic E-state index is 8.62. The standard InChI is InChI=1S/C13H11N5O/c14-13(16-19)9-5-7-10(8-6-9)18-12-4-2-1-3-11(12)15-17-18/h1-8,19H,(H2,14,16). The number of para-hydroxylation sites is 1. The molecule has 3 aromatic rings. The van der Waals surface area contributed by atoms with E-state index in [0.717, 1.165) is 16.7 Å². The van der Waals surface area contributed by atoms with Crippen LogP contribution >= 0.6 is 0 Å². The molecule has 6 heteroatoms. The Morgan fingerprint density at radius 1 is 1.11 bits per heavy atom. The van der Waals surface area contributed by atoms with E-state index in [-0.39, 0.29) is 5.84 Å². The number of fused-ring (bicyclic) bond motifs is 1. The molecular weight excluding hydrogens is 242 g/mol. The van der Waals surface area contributed by atoms with Crippen LogP contribution in [0.1, 0.15) is 5.56 Å². The van der Waals surface area contributed by atoms with Crippen molar-refractivity contribution in [1.29, 1.82) is 0 Å². The first-order chi connectivity index (χ1) is 9.29. The number of hydrogen-bond acceptors (Lipinski definition) is 4. The van der Waals surface area contributed by atoms with Gasteiger partial charge >= 0.3 is 0 Å². The van der Waals surface area contributed by atoms with Gasteiger partial charge in [-0.2, -0.15) is 0 Å². The van der Waals surface area contributed by atoms with E-state index in [2.05, 4.69) is 15.5 Å². The second-order valence-electron chi connectivity index (χ2n) is 4.02. The number of nitrogens with zero attached hydrogens (tertiary/aromatic N) is 4. The van der Waals surface area contributed by atoms with Crippen LogP contribution in [0.3, 0.4) is 0 Å². The van der Waals surface area contributed by atoms with Gasteiger partial charge in [0.05, 0.1) is 11.2 Å². The minimum Gasteiger partial charge on any atom is -0.409 e. The Hall–Kier alpha value is -2.89. The van der Waals surface area contributed by atoms with Crippen molar-refractivity contribution in [3.8, 4) is 5.69 Å². The van der Waals surface area contributed by atoms with Gasteiger partial charge in [-0.1, -0.05) is 22.5 Å². The summed E-state index contributed by atoms with van der Waals surface area (Å²) in [6.45, 7) is 0. The number of oxime groups is 1. The summed E-state index contributed by atoms with van der Waals surface area (Å²) in [4.78, 5) is 0. The maximum atomic E-state index is 8.62. The van der Waals surface area contributed by atoms with E-state index < -0.39 is 0 Å². The van der Waals surface area contributed by atoms with Gasteiger partial charge in [0.15, 0.2) is 5.84 Å². The van der Waals surface area contributed by atoms with E-state index in [1.165, 1.54) is 0 Å². The molecule has 0 spiro atoms. The summed E-state index contributed by atoms with van der Waals surface area (Å²) in [7, 11) is 0. The largest absolute Gasteiger partial charge is 0.409 e. The van der Waals surface area contributed by atoms with Crippen LogP contribution in [0.4, 0.5) is 0 Å². The molecule has 2 aromatic carbocycles. The second kappa shape index (κ2) is 4.41. The van der Waals surface area contributed by atoms with E-state index in [9.17, 15) is 0 Å². The Morgan fingerprint density at radius 3 is 2.58 bits per heavy atom. The monoisotopic (exact) mass is 253 g/mol. The predicted octanol–water partition coefficient (Wildman–Crippen LogP) is 1.51. The Kier molecular flexibility index (Phi) is 2.60. The summed E-state index contributed by atoms with van der Waals surface area (Å²) >= 11 is 0. The molecule has 1 aromatic heterocycles. The van der Waals surface area contributed by atoms with Crippen molar-refractivity contribution in [2.45, 2.75) is 0 Å². The number of amidine groups is 1. The van der Waals surface area contributed by atoms with Crippen LogP contribution < -0.4 is 5.73 Å². The average Bonchev–Trinajstić information content (AvgIpc) is 2.90. The molecule has 19 heavy (non-hydrogen) atoms. The number of benzene rings is 2. The molecular formula is C13H11N5O. The lowest BCUT2D eigenvalue weighted by Gasteiger charge is -2.03. The molecule has 0 aliphatic rings. The van der Waals surface area contributed by atoms with Gasteiger partial charge < -0.3 is 10.9 Å². The fraction of sp³-hybridized carbons (Fsp3) is 0. The highest BCUT2D eigenvalue weighted by Crippen LogP contribution is 2.16. The number of hydrogen-bond donors (Lipinski definition) is 2. The molecule has 0 amide bonds. The Labute approximate surface area is 108 Å². The zero-order valence-corrected chi connectivity index (χ0v) is 9.93. The first kappa shape index (κ1) is 11.2. The SMILES string of the molecule is N/C(=N\O)c1ccc(-n2nnc3ccccc32)cc1. The lowest BCUT2D eigenvalue weighted by molar-refractivity contribution is 0.318. The van der Waals surface area contributed by atoms with Crippen LogP contribution in [0.2, 0.25) is 0 Å². The molecule has 0 bridgehead atoms. The van der Waals surface area contributed by atoms with Crippen LogP contribution in [0.15, 0.2) is 53.7 Å². The van der Waals surface area contributed by atoms with Crippen molar-refractivity contribution in [3.05, 3.63) is 54.1 Å². The zero-order valence-electron chi connectivity index (χ0n) is 9.93. The van der Waals surface area contributed by atoms with Crippen molar-refractivity contribution >= 4 is 16.9 Å². The van der Waals surface area contributed by atoms with Gasteiger partial charge in [-0.15, -0.1) is 5.10 Å². The summed E-state index contributed by atoms with van der Waals surface area (Å²) in [6, 6.07) is 14.9. The third kappa shape index (κ3) is 1.89. The van der Waals surface area contributed by atoms with Gasteiger partial charge in [-0.05, 0) is 36.4 Å². The van der Waals surface area contributed by atoms with Gasteiger partial charge in [0.2, 0.25) is 0 Å². The predicted molar refractivity (Wildman–Crippen MR) is 71.4 cm³/mol. The summed E-state index contributed by atoms with van der Waals surface area (Å²) in [5.41, 5.74) is 8.80. The molecule has 3 rings (SSSR count). The molecule has 0 aliphatic carbocycles. The average molecular weight is 253 g/mol. The Morgan fingerprint density at radius 2 is 1.84 bits per heavy atom. The summed E-state index contributed by atoms with van der Waals surface area (Å²) < 4.78 is 1.74. The van der Waals surface area contributed by atoms with Gasteiger partial charge in [-0.3, -0.25) is 0 Å². The Balaban J connectivity index is 2.07. The third-order valence-electron chi connectivity index (χ3n) is 2.87. The molecule has 0 unspecified atom stereocenters.